The van der Waals surface area contributed by atoms with Gasteiger partial charge in [-0.3, -0.25) is 4.79 Å². The lowest BCUT2D eigenvalue weighted by Crippen LogP contribution is -2.52. The summed E-state index contributed by atoms with van der Waals surface area (Å²) in [5, 5.41) is 5.47. The fourth-order valence-corrected chi connectivity index (χ4v) is 2.15. The van der Waals surface area contributed by atoms with Gasteiger partial charge in [0.25, 0.3) is 0 Å². The molecule has 1 fully saturated rings. The van der Waals surface area contributed by atoms with Crippen molar-refractivity contribution in [2.75, 3.05) is 26.4 Å². The number of rotatable bonds is 2. The maximum absolute atomic E-state index is 11.9. The Hall–Kier alpha value is -2.44. The summed E-state index contributed by atoms with van der Waals surface area (Å²) in [5.74, 6) is 1.27. The van der Waals surface area contributed by atoms with Crippen LogP contribution in [-0.2, 0) is 11.3 Å². The number of nitrogens with zero attached hydrogens (tertiary/aromatic N) is 1. The van der Waals surface area contributed by atoms with Crippen LogP contribution in [0.2, 0.25) is 0 Å². The molecule has 7 nitrogen and oxygen atoms in total. The zero-order chi connectivity index (χ0) is 13.9. The molecule has 7 heteroatoms. The third-order valence-electron chi connectivity index (χ3n) is 3.21. The number of urea groups is 1. The number of ether oxygens (including phenoxy) is 2. The topological polar surface area (TPSA) is 79.9 Å². The largest absolute Gasteiger partial charge is 0.454 e. The van der Waals surface area contributed by atoms with Gasteiger partial charge in [0.2, 0.25) is 12.7 Å². The predicted molar refractivity (Wildman–Crippen MR) is 69.4 cm³/mol. The molecule has 0 aromatic heterocycles. The minimum Gasteiger partial charge on any atom is -0.454 e. The Morgan fingerprint density at radius 2 is 2.20 bits per heavy atom. The second kappa shape index (κ2) is 5.28. The van der Waals surface area contributed by atoms with Crippen LogP contribution in [0, 0.1) is 0 Å². The molecular weight excluding hydrogens is 262 g/mol. The summed E-state index contributed by atoms with van der Waals surface area (Å²) < 4.78 is 10.5. The van der Waals surface area contributed by atoms with E-state index in [1.807, 2.05) is 18.2 Å². The Bertz CT molecular complexity index is 546. The van der Waals surface area contributed by atoms with Crippen LogP contribution in [0.4, 0.5) is 4.79 Å². The molecule has 0 saturated carbocycles. The smallest absolute Gasteiger partial charge is 0.318 e. The van der Waals surface area contributed by atoms with Gasteiger partial charge in [-0.25, -0.2) is 4.79 Å². The van der Waals surface area contributed by atoms with Gasteiger partial charge in [-0.1, -0.05) is 6.07 Å². The van der Waals surface area contributed by atoms with E-state index in [-0.39, 0.29) is 25.3 Å². The highest BCUT2D eigenvalue weighted by atomic mass is 16.7. The second-order valence-corrected chi connectivity index (χ2v) is 4.62. The lowest BCUT2D eigenvalue weighted by Gasteiger charge is -2.26. The second-order valence-electron chi connectivity index (χ2n) is 4.62. The standard InChI is InChI=1S/C13H15N3O4/c17-12-7-16(4-3-14-12)13(18)15-6-9-1-2-10-11(5-9)20-8-19-10/h1-2,5H,3-4,6-8H2,(H,14,17)(H,15,18). The monoisotopic (exact) mass is 277 g/mol. The molecule has 2 aliphatic heterocycles. The summed E-state index contributed by atoms with van der Waals surface area (Å²) in [6, 6.07) is 5.29. The van der Waals surface area contributed by atoms with Crippen molar-refractivity contribution in [1.82, 2.24) is 15.5 Å². The van der Waals surface area contributed by atoms with Crippen LogP contribution in [0.5, 0.6) is 11.5 Å². The molecule has 3 rings (SSSR count). The highest BCUT2D eigenvalue weighted by molar-refractivity contribution is 5.85. The predicted octanol–water partition coefficient (Wildman–Crippen LogP) is 0.0567. The molecule has 0 radical (unpaired) electrons. The number of amides is 3. The number of hydrogen-bond acceptors (Lipinski definition) is 4. The van der Waals surface area contributed by atoms with Crippen molar-refractivity contribution in [1.29, 1.82) is 0 Å². The molecule has 2 aliphatic rings. The molecule has 0 bridgehead atoms. The van der Waals surface area contributed by atoms with Crippen LogP contribution in [0.25, 0.3) is 0 Å². The summed E-state index contributed by atoms with van der Waals surface area (Å²) in [6.45, 7) is 1.74. The molecule has 0 spiro atoms. The lowest BCUT2D eigenvalue weighted by atomic mass is 10.2. The Morgan fingerprint density at radius 1 is 1.35 bits per heavy atom. The van der Waals surface area contributed by atoms with Gasteiger partial charge in [0.05, 0.1) is 0 Å². The van der Waals surface area contributed by atoms with Crippen molar-refractivity contribution in [2.24, 2.45) is 0 Å². The Kier molecular flexibility index (Phi) is 3.32. The molecule has 20 heavy (non-hydrogen) atoms. The molecule has 106 valence electrons. The first kappa shape index (κ1) is 12.6. The molecule has 2 heterocycles. The first-order chi connectivity index (χ1) is 9.72. The fraction of sp³-hybridized carbons (Fsp3) is 0.385. The van der Waals surface area contributed by atoms with Crippen LogP contribution in [-0.4, -0.2) is 43.3 Å². The zero-order valence-electron chi connectivity index (χ0n) is 10.8. The van der Waals surface area contributed by atoms with Crippen LogP contribution in [0.1, 0.15) is 5.56 Å². The first-order valence-corrected chi connectivity index (χ1v) is 6.40. The minimum atomic E-state index is -0.238. The average molecular weight is 277 g/mol. The molecule has 1 aromatic rings. The van der Waals surface area contributed by atoms with E-state index in [2.05, 4.69) is 10.6 Å². The van der Waals surface area contributed by atoms with E-state index in [1.54, 1.807) is 0 Å². The van der Waals surface area contributed by atoms with E-state index in [1.165, 1.54) is 4.90 Å². The summed E-state index contributed by atoms with van der Waals surface area (Å²) >= 11 is 0. The summed E-state index contributed by atoms with van der Waals surface area (Å²) in [7, 11) is 0. The number of piperazine rings is 1. The third kappa shape index (κ3) is 2.61. The van der Waals surface area contributed by atoms with Gasteiger partial charge in [-0.05, 0) is 17.7 Å². The van der Waals surface area contributed by atoms with Crippen molar-refractivity contribution >= 4 is 11.9 Å². The highest BCUT2D eigenvalue weighted by Gasteiger charge is 2.21. The molecule has 2 N–H and O–H groups in total. The van der Waals surface area contributed by atoms with Gasteiger partial charge in [0, 0.05) is 19.6 Å². The number of nitrogens with one attached hydrogen (secondary N) is 2. The number of carbonyl (C=O) groups excluding carboxylic acids is 2. The van der Waals surface area contributed by atoms with Gasteiger partial charge in [-0.2, -0.15) is 0 Å². The highest BCUT2D eigenvalue weighted by Crippen LogP contribution is 2.32. The normalized spacial score (nSPS) is 16.8. The molecule has 0 atom stereocenters. The minimum absolute atomic E-state index is 0.104. The fourth-order valence-electron chi connectivity index (χ4n) is 2.15. The van der Waals surface area contributed by atoms with Crippen LogP contribution in [0.15, 0.2) is 18.2 Å². The quantitative estimate of drug-likeness (QED) is 0.801. The van der Waals surface area contributed by atoms with E-state index in [4.69, 9.17) is 9.47 Å². The van der Waals surface area contributed by atoms with Gasteiger partial charge in [0.15, 0.2) is 11.5 Å². The van der Waals surface area contributed by atoms with E-state index >= 15 is 0 Å². The molecule has 0 aliphatic carbocycles. The van der Waals surface area contributed by atoms with Crippen molar-refractivity contribution in [2.45, 2.75) is 6.54 Å². The van der Waals surface area contributed by atoms with Crippen molar-refractivity contribution in [3.8, 4) is 11.5 Å². The molecule has 3 amide bonds. The molecule has 0 unspecified atom stereocenters. The molecular formula is C13H15N3O4. The van der Waals surface area contributed by atoms with E-state index in [0.717, 1.165) is 5.56 Å². The Balaban J connectivity index is 1.56. The number of hydrogen-bond donors (Lipinski definition) is 2. The van der Waals surface area contributed by atoms with Crippen LogP contribution < -0.4 is 20.1 Å². The van der Waals surface area contributed by atoms with Gasteiger partial charge >= 0.3 is 6.03 Å². The number of carbonyl (C=O) groups is 2. The summed E-state index contributed by atoms with van der Waals surface area (Å²) in [5.41, 5.74) is 0.920. The zero-order valence-corrected chi connectivity index (χ0v) is 10.8. The van der Waals surface area contributed by atoms with Crippen molar-refractivity contribution in [3.05, 3.63) is 23.8 Å². The van der Waals surface area contributed by atoms with Crippen LogP contribution in [0.3, 0.4) is 0 Å². The van der Waals surface area contributed by atoms with E-state index in [0.29, 0.717) is 31.1 Å². The summed E-state index contributed by atoms with van der Waals surface area (Å²) in [4.78, 5) is 24.6. The number of fused-ring (bicyclic) bond motifs is 1. The maximum atomic E-state index is 11.9. The SMILES string of the molecule is O=C1CN(C(=O)NCc2ccc3c(c2)OCO3)CCN1. The molecule has 1 saturated heterocycles. The van der Waals surface area contributed by atoms with Gasteiger partial charge < -0.3 is 25.0 Å². The first-order valence-electron chi connectivity index (χ1n) is 6.40. The number of benzene rings is 1. The maximum Gasteiger partial charge on any atom is 0.318 e. The van der Waals surface area contributed by atoms with E-state index in [9.17, 15) is 9.59 Å². The lowest BCUT2D eigenvalue weighted by molar-refractivity contribution is -0.123. The van der Waals surface area contributed by atoms with Crippen LogP contribution >= 0.6 is 0 Å². The Labute approximate surface area is 115 Å². The Morgan fingerprint density at radius 3 is 3.05 bits per heavy atom. The van der Waals surface area contributed by atoms with Gasteiger partial charge in [0.1, 0.15) is 6.54 Å². The average Bonchev–Trinajstić information content (AvgIpc) is 2.92. The van der Waals surface area contributed by atoms with Gasteiger partial charge in [-0.15, -0.1) is 0 Å². The van der Waals surface area contributed by atoms with Crippen molar-refractivity contribution < 1.29 is 19.1 Å². The summed E-state index contributed by atoms with van der Waals surface area (Å²) in [6.07, 6.45) is 0. The van der Waals surface area contributed by atoms with Crippen molar-refractivity contribution in [3.63, 3.8) is 0 Å². The van der Waals surface area contributed by atoms with E-state index < -0.39 is 0 Å². The third-order valence-corrected chi connectivity index (χ3v) is 3.21. The molecule has 1 aromatic carbocycles.